The number of unbranched alkanes of at least 4 members (excludes halogenated alkanes) is 7. The van der Waals surface area contributed by atoms with Crippen molar-refractivity contribution in [3.63, 3.8) is 0 Å². The van der Waals surface area contributed by atoms with E-state index in [1.165, 1.54) is 62.5 Å². The number of carboxylic acids is 2. The van der Waals surface area contributed by atoms with Gasteiger partial charge in [0, 0.05) is 12.6 Å². The van der Waals surface area contributed by atoms with Crippen LogP contribution in [0.25, 0.3) is 0 Å². The van der Waals surface area contributed by atoms with Crippen molar-refractivity contribution in [2.75, 3.05) is 6.54 Å². The number of hydrogen-bond acceptors (Lipinski definition) is 3. The van der Waals surface area contributed by atoms with Gasteiger partial charge < -0.3 is 10.2 Å². The lowest BCUT2D eigenvalue weighted by molar-refractivity contribution is -0.177. The molecule has 1 saturated carbocycles. The van der Waals surface area contributed by atoms with E-state index in [1.807, 2.05) is 6.92 Å². The lowest BCUT2D eigenvalue weighted by Crippen LogP contribution is -2.58. The molecule has 5 heteroatoms. The van der Waals surface area contributed by atoms with Gasteiger partial charge in [0.05, 0.1) is 0 Å². The van der Waals surface area contributed by atoms with E-state index >= 15 is 0 Å². The van der Waals surface area contributed by atoms with Crippen LogP contribution in [0.3, 0.4) is 0 Å². The fourth-order valence-electron chi connectivity index (χ4n) is 4.45. The van der Waals surface area contributed by atoms with E-state index in [4.69, 9.17) is 0 Å². The summed E-state index contributed by atoms with van der Waals surface area (Å²) < 4.78 is 0. The predicted octanol–water partition coefficient (Wildman–Crippen LogP) is 5.51. The monoisotopic (exact) mass is 417 g/mol. The van der Waals surface area contributed by atoms with Gasteiger partial charge in [0.15, 0.2) is 5.41 Å². The molecule has 1 aromatic rings. The first-order valence-corrected chi connectivity index (χ1v) is 11.7. The second-order valence-corrected chi connectivity index (χ2v) is 8.86. The molecule has 0 spiro atoms. The number of aryl methyl sites for hydroxylation is 1. The van der Waals surface area contributed by atoms with Crippen molar-refractivity contribution in [1.82, 2.24) is 4.90 Å². The first kappa shape index (κ1) is 24.4. The summed E-state index contributed by atoms with van der Waals surface area (Å²) in [7, 11) is 0. The third-order valence-corrected chi connectivity index (χ3v) is 6.64. The van der Waals surface area contributed by atoms with E-state index in [0.29, 0.717) is 0 Å². The molecule has 2 N–H and O–H groups in total. The topological polar surface area (TPSA) is 77.8 Å². The van der Waals surface area contributed by atoms with Crippen LogP contribution in [-0.4, -0.2) is 39.6 Å². The Hall–Kier alpha value is -1.88. The molecule has 1 fully saturated rings. The van der Waals surface area contributed by atoms with Gasteiger partial charge in [0.25, 0.3) is 0 Å². The lowest BCUT2D eigenvalue weighted by atomic mass is 9.64. The lowest BCUT2D eigenvalue weighted by Gasteiger charge is -2.46. The number of carbonyl (C=O) groups is 2. The number of hydrogen-bond donors (Lipinski definition) is 2. The SMILES string of the molecule is CCCCCCCCCCc1ccc(CN(CC)C2CC(C(=O)O)(C(=O)O)C2)cc1. The molecule has 5 nitrogen and oxygen atoms in total. The minimum Gasteiger partial charge on any atom is -0.480 e. The van der Waals surface area contributed by atoms with Gasteiger partial charge in [-0.05, 0) is 43.4 Å². The highest BCUT2D eigenvalue weighted by Crippen LogP contribution is 2.44. The second kappa shape index (κ2) is 12.1. The Morgan fingerprint density at radius 3 is 1.87 bits per heavy atom. The first-order valence-electron chi connectivity index (χ1n) is 11.7. The normalized spacial score (nSPS) is 15.8. The summed E-state index contributed by atoms with van der Waals surface area (Å²) in [6, 6.07) is 8.72. The number of rotatable bonds is 15. The summed E-state index contributed by atoms with van der Waals surface area (Å²) >= 11 is 0. The average molecular weight is 418 g/mol. The van der Waals surface area contributed by atoms with E-state index in [-0.39, 0.29) is 18.9 Å². The number of carboxylic acid groups (broad SMARTS) is 2. The Kier molecular flexibility index (Phi) is 9.83. The zero-order valence-electron chi connectivity index (χ0n) is 18.7. The minimum absolute atomic E-state index is 0.0132. The van der Waals surface area contributed by atoms with Crippen LogP contribution in [0.15, 0.2) is 24.3 Å². The molecule has 1 aliphatic rings. The molecule has 0 saturated heterocycles. The molecular weight excluding hydrogens is 378 g/mol. The van der Waals surface area contributed by atoms with Crippen LogP contribution in [0.5, 0.6) is 0 Å². The number of benzene rings is 1. The summed E-state index contributed by atoms with van der Waals surface area (Å²) in [6.45, 7) is 5.80. The van der Waals surface area contributed by atoms with Crippen LogP contribution in [0.2, 0.25) is 0 Å². The third kappa shape index (κ3) is 6.56. The Morgan fingerprint density at radius 1 is 0.867 bits per heavy atom. The van der Waals surface area contributed by atoms with Crippen molar-refractivity contribution < 1.29 is 19.8 Å². The fraction of sp³-hybridized carbons (Fsp3) is 0.680. The van der Waals surface area contributed by atoms with Gasteiger partial charge in [-0.1, -0.05) is 83.1 Å². The van der Waals surface area contributed by atoms with Gasteiger partial charge in [0.2, 0.25) is 0 Å². The standard InChI is InChI=1S/C25H39NO4/c1-3-5-6-7-8-9-10-11-12-20-13-15-21(16-14-20)19-26(4-2)22-17-25(18-22,23(27)28)24(29)30/h13-16,22H,3-12,17-19H2,1-2H3,(H,27,28)(H,29,30). The van der Waals surface area contributed by atoms with E-state index in [1.54, 1.807) is 0 Å². The Balaban J connectivity index is 1.73. The zero-order chi connectivity index (χ0) is 22.0. The minimum atomic E-state index is -1.60. The van der Waals surface area contributed by atoms with Crippen molar-refractivity contribution in [2.45, 2.75) is 97.1 Å². The number of aliphatic carboxylic acids is 2. The molecule has 0 heterocycles. The molecule has 0 atom stereocenters. The van der Waals surface area contributed by atoms with Crippen molar-refractivity contribution >= 4 is 11.9 Å². The third-order valence-electron chi connectivity index (χ3n) is 6.64. The van der Waals surface area contributed by atoms with Gasteiger partial charge in [-0.25, -0.2) is 0 Å². The molecule has 1 aliphatic carbocycles. The van der Waals surface area contributed by atoms with Crippen LogP contribution < -0.4 is 0 Å². The van der Waals surface area contributed by atoms with Crippen molar-refractivity contribution in [1.29, 1.82) is 0 Å². The number of nitrogens with zero attached hydrogens (tertiary/aromatic N) is 1. The maximum absolute atomic E-state index is 11.4. The fourth-order valence-corrected chi connectivity index (χ4v) is 4.45. The van der Waals surface area contributed by atoms with Crippen LogP contribution in [-0.2, 0) is 22.6 Å². The summed E-state index contributed by atoms with van der Waals surface area (Å²) in [5.41, 5.74) is 0.963. The quantitative estimate of drug-likeness (QED) is 0.291. The molecular formula is C25H39NO4. The average Bonchev–Trinajstić information content (AvgIpc) is 2.68. The molecule has 0 unspecified atom stereocenters. The second-order valence-electron chi connectivity index (χ2n) is 8.86. The Morgan fingerprint density at radius 2 is 1.37 bits per heavy atom. The predicted molar refractivity (Wildman–Crippen MR) is 120 cm³/mol. The molecule has 0 radical (unpaired) electrons. The van der Waals surface area contributed by atoms with Crippen molar-refractivity contribution in [3.05, 3.63) is 35.4 Å². The van der Waals surface area contributed by atoms with Gasteiger partial charge in [0.1, 0.15) is 0 Å². The van der Waals surface area contributed by atoms with Gasteiger partial charge in [-0.3, -0.25) is 14.5 Å². The van der Waals surface area contributed by atoms with Crippen LogP contribution in [0.1, 0.15) is 89.2 Å². The first-order chi connectivity index (χ1) is 14.4. The van der Waals surface area contributed by atoms with E-state index in [0.717, 1.165) is 19.5 Å². The molecule has 168 valence electrons. The zero-order valence-corrected chi connectivity index (χ0v) is 18.7. The van der Waals surface area contributed by atoms with Crippen molar-refractivity contribution in [2.24, 2.45) is 5.41 Å². The van der Waals surface area contributed by atoms with E-state index < -0.39 is 17.4 Å². The molecule has 0 bridgehead atoms. The van der Waals surface area contributed by atoms with E-state index in [2.05, 4.69) is 36.1 Å². The summed E-state index contributed by atoms with van der Waals surface area (Å²) in [5.74, 6) is -2.43. The van der Waals surface area contributed by atoms with Gasteiger partial charge in [-0.2, -0.15) is 0 Å². The molecule has 0 amide bonds. The highest BCUT2D eigenvalue weighted by molar-refractivity contribution is 5.99. The largest absolute Gasteiger partial charge is 0.480 e. The maximum atomic E-state index is 11.4. The van der Waals surface area contributed by atoms with Crippen LogP contribution >= 0.6 is 0 Å². The highest BCUT2D eigenvalue weighted by Gasteiger charge is 2.58. The highest BCUT2D eigenvalue weighted by atomic mass is 16.4. The summed E-state index contributed by atoms with van der Waals surface area (Å²) in [5, 5.41) is 18.6. The summed E-state index contributed by atoms with van der Waals surface area (Å²) in [6.07, 6.45) is 12.1. The van der Waals surface area contributed by atoms with E-state index in [9.17, 15) is 19.8 Å². The Labute approximate surface area is 181 Å². The van der Waals surface area contributed by atoms with Crippen LogP contribution in [0, 0.1) is 5.41 Å². The van der Waals surface area contributed by atoms with Crippen molar-refractivity contribution in [3.8, 4) is 0 Å². The molecule has 0 aromatic heterocycles. The molecule has 0 aliphatic heterocycles. The van der Waals surface area contributed by atoms with Crippen LogP contribution in [0.4, 0.5) is 0 Å². The molecule has 30 heavy (non-hydrogen) atoms. The smallest absolute Gasteiger partial charge is 0.321 e. The summed E-state index contributed by atoms with van der Waals surface area (Å²) in [4.78, 5) is 25.0. The molecule has 1 aromatic carbocycles. The molecule has 2 rings (SSSR count). The van der Waals surface area contributed by atoms with Gasteiger partial charge in [-0.15, -0.1) is 0 Å². The Bertz CT molecular complexity index is 648. The van der Waals surface area contributed by atoms with Gasteiger partial charge >= 0.3 is 11.9 Å². The maximum Gasteiger partial charge on any atom is 0.321 e.